The molecule has 0 spiro atoms. The van der Waals surface area contributed by atoms with Crippen molar-refractivity contribution in [2.45, 2.75) is 121 Å². The molecule has 2 saturated carbocycles. The van der Waals surface area contributed by atoms with Crippen LogP contribution in [0.1, 0.15) is 114 Å². The van der Waals surface area contributed by atoms with Crippen molar-refractivity contribution in [3.63, 3.8) is 0 Å². The van der Waals surface area contributed by atoms with Gasteiger partial charge in [0.1, 0.15) is 11.6 Å². The largest absolute Gasteiger partial charge is 0.444 e. The Morgan fingerprint density at radius 1 is 1.08 bits per heavy atom. The SMILES string of the molecule is CC1(NC(=O)OC(C)(C)C)CCC(Nc2cccc3c2[C@H](CCC2CC2)N([C@H]2CCC(=O)NC2=O)C3=O)CC1. The summed E-state index contributed by atoms with van der Waals surface area (Å²) in [6.45, 7) is 7.64. The zero-order chi connectivity index (χ0) is 27.9. The molecular formula is C30H42N4O5. The van der Waals surface area contributed by atoms with Crippen LogP contribution in [-0.4, -0.2) is 51.9 Å². The predicted octanol–water partition coefficient (Wildman–Crippen LogP) is 4.82. The summed E-state index contributed by atoms with van der Waals surface area (Å²) in [4.78, 5) is 52.5. The van der Waals surface area contributed by atoms with E-state index in [-0.39, 0.29) is 47.9 Å². The molecule has 1 aromatic carbocycles. The first-order valence-corrected chi connectivity index (χ1v) is 14.5. The van der Waals surface area contributed by atoms with Gasteiger partial charge in [0.25, 0.3) is 5.91 Å². The van der Waals surface area contributed by atoms with Crippen LogP contribution in [-0.2, 0) is 14.3 Å². The summed E-state index contributed by atoms with van der Waals surface area (Å²) in [6.07, 6.45) is 7.86. The van der Waals surface area contributed by atoms with Gasteiger partial charge in [-0.1, -0.05) is 18.9 Å². The highest BCUT2D eigenvalue weighted by Crippen LogP contribution is 2.46. The first kappa shape index (κ1) is 27.5. The molecule has 0 aromatic heterocycles. The number of imide groups is 1. The van der Waals surface area contributed by atoms with Crippen LogP contribution in [0.25, 0.3) is 0 Å². The maximum atomic E-state index is 13.7. The zero-order valence-corrected chi connectivity index (χ0v) is 23.6. The number of nitrogens with zero attached hydrogens (tertiary/aromatic N) is 1. The minimum absolute atomic E-state index is 0.123. The standard InChI is InChI=1S/C30H42N4O5/c1-29(2,3)39-28(38)33-30(4)16-14-19(15-17-30)31-21-7-5-6-20-25(21)22(11-10-18-8-9-18)34(27(20)37)23-12-13-24(35)32-26(23)36/h5-7,18-19,22-23,31H,8-17H2,1-4H3,(H,33,38)(H,32,35,36)/t19?,22-,23-,30?/m0/s1. The van der Waals surface area contributed by atoms with Crippen LogP contribution in [0.2, 0.25) is 0 Å². The van der Waals surface area contributed by atoms with Gasteiger partial charge in [-0.2, -0.15) is 0 Å². The van der Waals surface area contributed by atoms with Crippen LogP contribution in [0, 0.1) is 5.92 Å². The number of amides is 4. The molecule has 3 fully saturated rings. The predicted molar refractivity (Wildman–Crippen MR) is 147 cm³/mol. The summed E-state index contributed by atoms with van der Waals surface area (Å²) in [6, 6.07) is 5.19. The van der Waals surface area contributed by atoms with Crippen LogP contribution >= 0.6 is 0 Å². The molecule has 0 bridgehead atoms. The van der Waals surface area contributed by atoms with E-state index in [1.807, 2.05) is 39.0 Å². The van der Waals surface area contributed by atoms with Crippen LogP contribution in [0.4, 0.5) is 10.5 Å². The lowest BCUT2D eigenvalue weighted by Crippen LogP contribution is -2.53. The van der Waals surface area contributed by atoms with Crippen molar-refractivity contribution >= 4 is 29.5 Å². The lowest BCUT2D eigenvalue weighted by molar-refractivity contribution is -0.137. The molecule has 9 nitrogen and oxygen atoms in total. The average Bonchev–Trinajstić information content (AvgIpc) is 3.63. The molecule has 2 atom stereocenters. The number of hydrogen-bond donors (Lipinski definition) is 3. The first-order chi connectivity index (χ1) is 18.4. The summed E-state index contributed by atoms with van der Waals surface area (Å²) >= 11 is 0. The van der Waals surface area contributed by atoms with E-state index in [1.165, 1.54) is 12.8 Å². The molecular weight excluding hydrogens is 496 g/mol. The van der Waals surface area contributed by atoms with Crippen molar-refractivity contribution in [2.24, 2.45) is 5.92 Å². The molecule has 3 N–H and O–H groups in total. The molecule has 1 saturated heterocycles. The highest BCUT2D eigenvalue weighted by molar-refractivity contribution is 6.06. The average molecular weight is 539 g/mol. The van der Waals surface area contributed by atoms with E-state index < -0.39 is 11.6 Å². The minimum atomic E-state index is -0.631. The molecule has 1 aromatic rings. The van der Waals surface area contributed by atoms with E-state index >= 15 is 0 Å². The summed E-state index contributed by atoms with van der Waals surface area (Å²) in [5.74, 6) is -0.0757. The molecule has 39 heavy (non-hydrogen) atoms. The second-order valence-corrected chi connectivity index (χ2v) is 13.1. The van der Waals surface area contributed by atoms with Gasteiger partial charge in [-0.3, -0.25) is 19.7 Å². The van der Waals surface area contributed by atoms with E-state index in [0.29, 0.717) is 17.9 Å². The Morgan fingerprint density at radius 3 is 2.44 bits per heavy atom. The topological polar surface area (TPSA) is 117 Å². The molecule has 4 aliphatic rings. The Hall–Kier alpha value is -3.10. The number of hydrogen-bond acceptors (Lipinski definition) is 6. The number of alkyl carbamates (subject to hydrolysis) is 1. The van der Waals surface area contributed by atoms with Crippen molar-refractivity contribution in [1.82, 2.24) is 15.5 Å². The Labute approximate surface area is 230 Å². The fourth-order valence-corrected chi connectivity index (χ4v) is 6.34. The van der Waals surface area contributed by atoms with E-state index in [1.54, 1.807) is 4.90 Å². The maximum Gasteiger partial charge on any atom is 0.408 e. The lowest BCUT2D eigenvalue weighted by atomic mass is 9.80. The smallest absolute Gasteiger partial charge is 0.408 e. The van der Waals surface area contributed by atoms with Crippen molar-refractivity contribution in [1.29, 1.82) is 0 Å². The summed E-state index contributed by atoms with van der Waals surface area (Å²) in [5, 5.41) is 9.24. The van der Waals surface area contributed by atoms with Crippen molar-refractivity contribution in [2.75, 3.05) is 5.32 Å². The van der Waals surface area contributed by atoms with Gasteiger partial charge in [0.05, 0.1) is 6.04 Å². The molecule has 2 aliphatic heterocycles. The van der Waals surface area contributed by atoms with E-state index in [2.05, 4.69) is 22.9 Å². The Bertz CT molecular complexity index is 1150. The van der Waals surface area contributed by atoms with E-state index in [9.17, 15) is 19.2 Å². The van der Waals surface area contributed by atoms with Crippen LogP contribution < -0.4 is 16.0 Å². The maximum absolute atomic E-state index is 13.7. The van der Waals surface area contributed by atoms with Gasteiger partial charge in [-0.25, -0.2) is 4.79 Å². The molecule has 5 rings (SSSR count). The number of fused-ring (bicyclic) bond motifs is 1. The molecule has 0 radical (unpaired) electrons. The van der Waals surface area contributed by atoms with Crippen LogP contribution in [0.15, 0.2) is 18.2 Å². The fourth-order valence-electron chi connectivity index (χ4n) is 6.34. The quantitative estimate of drug-likeness (QED) is 0.429. The lowest BCUT2D eigenvalue weighted by Gasteiger charge is -2.39. The van der Waals surface area contributed by atoms with Gasteiger partial charge in [-0.05, 0) is 90.7 Å². The highest BCUT2D eigenvalue weighted by Gasteiger charge is 2.46. The fraction of sp³-hybridized carbons (Fsp3) is 0.667. The normalized spacial score (nSPS) is 29.1. The third-order valence-corrected chi connectivity index (χ3v) is 8.58. The van der Waals surface area contributed by atoms with Crippen molar-refractivity contribution in [3.8, 4) is 0 Å². The number of ether oxygens (including phenoxy) is 1. The van der Waals surface area contributed by atoms with Gasteiger partial charge in [-0.15, -0.1) is 0 Å². The summed E-state index contributed by atoms with van der Waals surface area (Å²) in [5.41, 5.74) is 1.71. The van der Waals surface area contributed by atoms with E-state index in [4.69, 9.17) is 4.74 Å². The van der Waals surface area contributed by atoms with Gasteiger partial charge in [0.2, 0.25) is 11.8 Å². The summed E-state index contributed by atoms with van der Waals surface area (Å²) < 4.78 is 5.47. The summed E-state index contributed by atoms with van der Waals surface area (Å²) in [7, 11) is 0. The number of benzene rings is 1. The number of carbonyl (C=O) groups is 4. The number of rotatable bonds is 7. The van der Waals surface area contributed by atoms with Crippen molar-refractivity contribution < 1.29 is 23.9 Å². The molecule has 4 amide bonds. The number of carbonyl (C=O) groups excluding carboxylic acids is 4. The third kappa shape index (κ3) is 6.23. The minimum Gasteiger partial charge on any atom is -0.444 e. The second-order valence-electron chi connectivity index (χ2n) is 13.1. The number of anilines is 1. The first-order valence-electron chi connectivity index (χ1n) is 14.5. The van der Waals surface area contributed by atoms with Gasteiger partial charge >= 0.3 is 6.09 Å². The molecule has 2 aliphatic carbocycles. The zero-order valence-electron chi connectivity index (χ0n) is 23.6. The molecule has 2 heterocycles. The van der Waals surface area contributed by atoms with Gasteiger partial charge in [0, 0.05) is 34.8 Å². The highest BCUT2D eigenvalue weighted by atomic mass is 16.6. The van der Waals surface area contributed by atoms with Gasteiger partial charge < -0.3 is 20.3 Å². The number of nitrogens with one attached hydrogen (secondary N) is 3. The number of piperidine rings is 1. The Kier molecular flexibility index (Phi) is 7.37. The second kappa shape index (κ2) is 10.5. The molecule has 212 valence electrons. The van der Waals surface area contributed by atoms with Crippen LogP contribution in [0.3, 0.4) is 0 Å². The van der Waals surface area contributed by atoms with Crippen LogP contribution in [0.5, 0.6) is 0 Å². The molecule has 0 unspecified atom stereocenters. The Morgan fingerprint density at radius 2 is 1.79 bits per heavy atom. The Balaban J connectivity index is 1.31. The van der Waals surface area contributed by atoms with E-state index in [0.717, 1.165) is 49.8 Å². The monoisotopic (exact) mass is 538 g/mol. The third-order valence-electron chi connectivity index (χ3n) is 8.58. The van der Waals surface area contributed by atoms with Crippen molar-refractivity contribution in [3.05, 3.63) is 29.3 Å². The molecule has 9 heteroatoms. The van der Waals surface area contributed by atoms with Gasteiger partial charge in [0.15, 0.2) is 0 Å².